The molecular weight excluding hydrogens is 322 g/mol. The molecule has 0 unspecified atom stereocenters. The number of methoxy groups -OCH3 is 2. The van der Waals surface area contributed by atoms with Crippen LogP contribution in [0.1, 0.15) is 22.8 Å². The van der Waals surface area contributed by atoms with Crippen molar-refractivity contribution in [3.8, 4) is 11.5 Å². The Morgan fingerprint density at radius 3 is 2.44 bits per heavy atom. The Balaban J connectivity index is 2.06. The molecule has 2 aromatic rings. The van der Waals surface area contributed by atoms with E-state index in [0.717, 1.165) is 5.56 Å². The number of aryl methyl sites for hydroxylation is 1. The number of carbonyl (C=O) groups is 2. The first-order chi connectivity index (χ1) is 11.9. The summed E-state index contributed by atoms with van der Waals surface area (Å²) in [5.74, 6) is 0.0309. The Morgan fingerprint density at radius 2 is 1.80 bits per heavy atom. The third-order valence-corrected chi connectivity index (χ3v) is 3.57. The normalized spacial score (nSPS) is 11.4. The van der Waals surface area contributed by atoms with Crippen LogP contribution in [-0.2, 0) is 9.53 Å². The molecule has 6 nitrogen and oxygen atoms in total. The van der Waals surface area contributed by atoms with Crippen LogP contribution in [-0.4, -0.2) is 32.2 Å². The first kappa shape index (κ1) is 18.3. The van der Waals surface area contributed by atoms with Gasteiger partial charge in [-0.15, -0.1) is 0 Å². The van der Waals surface area contributed by atoms with Crippen molar-refractivity contribution in [3.63, 3.8) is 0 Å². The van der Waals surface area contributed by atoms with E-state index >= 15 is 0 Å². The van der Waals surface area contributed by atoms with Gasteiger partial charge in [0.25, 0.3) is 5.91 Å². The minimum atomic E-state index is -0.969. The Hall–Kier alpha value is -3.02. The molecule has 1 N–H and O–H groups in total. The van der Waals surface area contributed by atoms with Crippen LogP contribution in [0.25, 0.3) is 0 Å². The molecule has 0 fully saturated rings. The lowest BCUT2D eigenvalue weighted by Crippen LogP contribution is -2.30. The summed E-state index contributed by atoms with van der Waals surface area (Å²) in [4.78, 5) is 24.5. The van der Waals surface area contributed by atoms with Crippen LogP contribution >= 0.6 is 0 Å². The number of hydrogen-bond acceptors (Lipinski definition) is 5. The second kappa shape index (κ2) is 8.19. The van der Waals surface area contributed by atoms with Gasteiger partial charge >= 0.3 is 5.97 Å². The molecular formula is C19H21NO5. The number of anilines is 1. The minimum absolute atomic E-state index is 0.401. The van der Waals surface area contributed by atoms with E-state index in [4.69, 9.17) is 14.2 Å². The average Bonchev–Trinajstić information content (AvgIpc) is 2.61. The molecule has 2 rings (SSSR count). The molecule has 1 atom stereocenters. The lowest BCUT2D eigenvalue weighted by Gasteiger charge is -2.16. The van der Waals surface area contributed by atoms with E-state index in [2.05, 4.69) is 5.32 Å². The molecule has 0 radical (unpaired) electrons. The highest BCUT2D eigenvalue weighted by Gasteiger charge is 2.20. The average molecular weight is 343 g/mol. The zero-order valence-electron chi connectivity index (χ0n) is 14.7. The number of amides is 1. The maximum Gasteiger partial charge on any atom is 0.338 e. The van der Waals surface area contributed by atoms with Crippen molar-refractivity contribution >= 4 is 17.6 Å². The number of ether oxygens (including phenoxy) is 3. The quantitative estimate of drug-likeness (QED) is 0.816. The molecule has 132 valence electrons. The summed E-state index contributed by atoms with van der Waals surface area (Å²) in [6.45, 7) is 3.39. The molecule has 0 bridgehead atoms. The largest absolute Gasteiger partial charge is 0.497 e. The van der Waals surface area contributed by atoms with Crippen molar-refractivity contribution in [3.05, 3.63) is 53.6 Å². The summed E-state index contributed by atoms with van der Waals surface area (Å²) >= 11 is 0. The summed E-state index contributed by atoms with van der Waals surface area (Å²) in [7, 11) is 3.03. The highest BCUT2D eigenvalue weighted by Crippen LogP contribution is 2.29. The van der Waals surface area contributed by atoms with E-state index in [1.165, 1.54) is 21.1 Å². The Morgan fingerprint density at radius 1 is 1.04 bits per heavy atom. The van der Waals surface area contributed by atoms with Gasteiger partial charge < -0.3 is 19.5 Å². The highest BCUT2D eigenvalue weighted by molar-refractivity contribution is 5.98. The Labute approximate surface area is 146 Å². The fourth-order valence-corrected chi connectivity index (χ4v) is 2.20. The van der Waals surface area contributed by atoms with E-state index in [0.29, 0.717) is 22.7 Å². The summed E-state index contributed by atoms with van der Waals surface area (Å²) in [6.07, 6.45) is -0.969. The number of nitrogens with one attached hydrogen (secondary N) is 1. The molecule has 0 saturated carbocycles. The molecule has 1 amide bonds. The van der Waals surface area contributed by atoms with E-state index in [1.807, 2.05) is 13.0 Å². The predicted molar refractivity (Wildman–Crippen MR) is 94.2 cm³/mol. The first-order valence-electron chi connectivity index (χ1n) is 7.75. The molecule has 2 aromatic carbocycles. The number of esters is 1. The smallest absolute Gasteiger partial charge is 0.338 e. The summed E-state index contributed by atoms with van der Waals surface area (Å²) in [6, 6.07) is 12.0. The van der Waals surface area contributed by atoms with Crippen LogP contribution in [0.15, 0.2) is 42.5 Å². The zero-order chi connectivity index (χ0) is 18.4. The van der Waals surface area contributed by atoms with Crippen LogP contribution in [0.2, 0.25) is 0 Å². The number of benzene rings is 2. The van der Waals surface area contributed by atoms with Crippen LogP contribution in [0.3, 0.4) is 0 Å². The van der Waals surface area contributed by atoms with Crippen molar-refractivity contribution in [2.45, 2.75) is 20.0 Å². The van der Waals surface area contributed by atoms with E-state index in [-0.39, 0.29) is 0 Å². The molecule has 0 heterocycles. The molecule has 25 heavy (non-hydrogen) atoms. The third kappa shape index (κ3) is 4.73. The second-order valence-corrected chi connectivity index (χ2v) is 5.47. The van der Waals surface area contributed by atoms with Gasteiger partial charge in [0.1, 0.15) is 11.5 Å². The van der Waals surface area contributed by atoms with E-state index < -0.39 is 18.0 Å². The van der Waals surface area contributed by atoms with Gasteiger partial charge in [-0.05, 0) is 38.1 Å². The molecule has 0 aliphatic heterocycles. The van der Waals surface area contributed by atoms with Gasteiger partial charge in [0.15, 0.2) is 6.10 Å². The molecule has 0 aromatic heterocycles. The lowest BCUT2D eigenvalue weighted by atomic mass is 10.1. The van der Waals surface area contributed by atoms with Gasteiger partial charge in [-0.1, -0.05) is 17.7 Å². The molecule has 0 aliphatic carbocycles. The standard InChI is InChI=1S/C19H21NO5/c1-12-6-5-7-14(10-12)19(22)25-13(2)18(21)20-16-11-15(23-3)8-9-17(16)24-4/h5-11,13H,1-4H3,(H,20,21)/t13-/m0/s1. The van der Waals surface area contributed by atoms with Crippen LogP contribution in [0.5, 0.6) is 11.5 Å². The SMILES string of the molecule is COc1ccc(OC)c(NC(=O)[C@H](C)OC(=O)c2cccc(C)c2)c1. The van der Waals surface area contributed by atoms with Gasteiger partial charge in [0.05, 0.1) is 25.5 Å². The highest BCUT2D eigenvalue weighted by atomic mass is 16.5. The molecule has 0 spiro atoms. The van der Waals surface area contributed by atoms with Crippen molar-refractivity contribution in [2.24, 2.45) is 0 Å². The molecule has 0 saturated heterocycles. The van der Waals surface area contributed by atoms with Crippen molar-refractivity contribution < 1.29 is 23.8 Å². The Kier molecular flexibility index (Phi) is 6.00. The fraction of sp³-hybridized carbons (Fsp3) is 0.263. The van der Waals surface area contributed by atoms with Crippen molar-refractivity contribution in [1.82, 2.24) is 0 Å². The second-order valence-electron chi connectivity index (χ2n) is 5.47. The van der Waals surface area contributed by atoms with E-state index in [9.17, 15) is 9.59 Å². The minimum Gasteiger partial charge on any atom is -0.497 e. The topological polar surface area (TPSA) is 73.9 Å². The monoisotopic (exact) mass is 343 g/mol. The van der Waals surface area contributed by atoms with Crippen LogP contribution < -0.4 is 14.8 Å². The summed E-state index contributed by atoms with van der Waals surface area (Å²) in [5, 5.41) is 2.68. The number of hydrogen-bond donors (Lipinski definition) is 1. The molecule has 0 aliphatic rings. The zero-order valence-corrected chi connectivity index (χ0v) is 14.7. The van der Waals surface area contributed by atoms with Gasteiger partial charge in [-0.25, -0.2) is 4.79 Å². The maximum atomic E-state index is 12.3. The Bertz CT molecular complexity index is 772. The predicted octanol–water partition coefficient (Wildman–Crippen LogP) is 3.20. The number of carbonyl (C=O) groups excluding carboxylic acids is 2. The van der Waals surface area contributed by atoms with Crippen molar-refractivity contribution in [1.29, 1.82) is 0 Å². The molecule has 6 heteroatoms. The third-order valence-electron chi connectivity index (χ3n) is 3.57. The number of rotatable bonds is 6. The summed E-state index contributed by atoms with van der Waals surface area (Å²) < 4.78 is 15.6. The van der Waals surface area contributed by atoms with Crippen molar-refractivity contribution in [2.75, 3.05) is 19.5 Å². The first-order valence-corrected chi connectivity index (χ1v) is 7.75. The fourth-order valence-electron chi connectivity index (χ4n) is 2.20. The van der Waals surface area contributed by atoms with Crippen LogP contribution in [0.4, 0.5) is 5.69 Å². The van der Waals surface area contributed by atoms with Gasteiger partial charge in [-0.2, -0.15) is 0 Å². The van der Waals surface area contributed by atoms with E-state index in [1.54, 1.807) is 36.4 Å². The maximum absolute atomic E-state index is 12.3. The lowest BCUT2D eigenvalue weighted by molar-refractivity contribution is -0.123. The van der Waals surface area contributed by atoms with Gasteiger partial charge in [0.2, 0.25) is 0 Å². The van der Waals surface area contributed by atoms with Gasteiger partial charge in [0, 0.05) is 6.07 Å². The summed E-state index contributed by atoms with van der Waals surface area (Å²) in [5.41, 5.74) is 1.77. The van der Waals surface area contributed by atoms with Crippen LogP contribution in [0, 0.1) is 6.92 Å². The van der Waals surface area contributed by atoms with Gasteiger partial charge in [-0.3, -0.25) is 4.79 Å².